The highest BCUT2D eigenvalue weighted by Gasteiger charge is 2.20. The monoisotopic (exact) mass is 378 g/mol. The van der Waals surface area contributed by atoms with Crippen molar-refractivity contribution in [2.24, 2.45) is 0 Å². The number of nitrogens with zero attached hydrogens (tertiary/aromatic N) is 2. The standard InChI is InChI=1S/C22H26N4O2/c1-28-18-8-6-16(7-9-18)10-13-26-14-11-17(12-15-26)23-21-19-4-2-3-5-20(19)22(27)25-24-21/h2-9,17H,10-15H2,1H3,(H,23,24)(H,25,27). The third-order valence-electron chi connectivity index (χ3n) is 5.50. The van der Waals surface area contributed by atoms with Crippen LogP contribution in [0.5, 0.6) is 5.75 Å². The predicted molar refractivity (Wildman–Crippen MR) is 112 cm³/mol. The van der Waals surface area contributed by atoms with E-state index >= 15 is 0 Å². The predicted octanol–water partition coefficient (Wildman–Crippen LogP) is 3.05. The topological polar surface area (TPSA) is 70.2 Å². The molecule has 1 saturated heterocycles. The van der Waals surface area contributed by atoms with Crippen LogP contribution in [0.1, 0.15) is 18.4 Å². The maximum Gasteiger partial charge on any atom is 0.272 e. The molecule has 6 heteroatoms. The lowest BCUT2D eigenvalue weighted by molar-refractivity contribution is 0.221. The molecule has 4 rings (SSSR count). The van der Waals surface area contributed by atoms with E-state index in [-0.39, 0.29) is 5.56 Å². The Morgan fingerprint density at radius 2 is 1.82 bits per heavy atom. The van der Waals surface area contributed by atoms with Crippen LogP contribution in [0, 0.1) is 0 Å². The second-order valence-corrected chi connectivity index (χ2v) is 7.31. The Bertz CT molecular complexity index is 976. The van der Waals surface area contributed by atoms with Crippen LogP contribution in [0.15, 0.2) is 53.3 Å². The fourth-order valence-corrected chi connectivity index (χ4v) is 3.80. The number of anilines is 1. The lowest BCUT2D eigenvalue weighted by atomic mass is 10.0. The number of rotatable bonds is 6. The molecule has 0 spiro atoms. The van der Waals surface area contributed by atoms with Crippen molar-refractivity contribution in [2.45, 2.75) is 25.3 Å². The maximum atomic E-state index is 11.9. The fourth-order valence-electron chi connectivity index (χ4n) is 3.80. The summed E-state index contributed by atoms with van der Waals surface area (Å²) in [6.45, 7) is 3.20. The summed E-state index contributed by atoms with van der Waals surface area (Å²) >= 11 is 0. The summed E-state index contributed by atoms with van der Waals surface area (Å²) in [5, 5.41) is 11.9. The van der Waals surface area contributed by atoms with Crippen LogP contribution >= 0.6 is 0 Å². The minimum atomic E-state index is -0.144. The number of hydrogen-bond acceptors (Lipinski definition) is 5. The van der Waals surface area contributed by atoms with Gasteiger partial charge in [0.1, 0.15) is 5.75 Å². The van der Waals surface area contributed by atoms with Crippen LogP contribution in [0.3, 0.4) is 0 Å². The molecule has 146 valence electrons. The van der Waals surface area contributed by atoms with Crippen LogP contribution in [0.4, 0.5) is 5.82 Å². The largest absolute Gasteiger partial charge is 0.497 e. The van der Waals surface area contributed by atoms with Gasteiger partial charge in [0.05, 0.1) is 12.5 Å². The second-order valence-electron chi connectivity index (χ2n) is 7.31. The molecule has 2 aromatic carbocycles. The van der Waals surface area contributed by atoms with Crippen molar-refractivity contribution in [1.82, 2.24) is 15.1 Å². The number of nitrogens with one attached hydrogen (secondary N) is 2. The third-order valence-corrected chi connectivity index (χ3v) is 5.50. The first-order valence-electron chi connectivity index (χ1n) is 9.82. The molecular formula is C22H26N4O2. The Hall–Kier alpha value is -2.86. The van der Waals surface area contributed by atoms with Crippen LogP contribution in [-0.2, 0) is 6.42 Å². The number of hydrogen-bond donors (Lipinski definition) is 2. The van der Waals surface area contributed by atoms with Gasteiger partial charge in [-0.3, -0.25) is 4.79 Å². The first kappa shape index (κ1) is 18.5. The number of aromatic amines is 1. The third kappa shape index (κ3) is 4.17. The van der Waals surface area contributed by atoms with Gasteiger partial charge in [0.25, 0.3) is 5.56 Å². The van der Waals surface area contributed by atoms with E-state index in [2.05, 4.69) is 32.5 Å². The van der Waals surface area contributed by atoms with E-state index in [4.69, 9.17) is 4.74 Å². The Labute approximate surface area is 164 Å². The highest BCUT2D eigenvalue weighted by atomic mass is 16.5. The van der Waals surface area contributed by atoms with Gasteiger partial charge in [0.15, 0.2) is 5.82 Å². The summed E-state index contributed by atoms with van der Waals surface area (Å²) < 4.78 is 5.22. The van der Waals surface area contributed by atoms with E-state index in [1.807, 2.05) is 36.4 Å². The second kappa shape index (κ2) is 8.44. The lowest BCUT2D eigenvalue weighted by Crippen LogP contribution is -2.40. The van der Waals surface area contributed by atoms with Crippen molar-refractivity contribution in [2.75, 3.05) is 32.1 Å². The smallest absolute Gasteiger partial charge is 0.272 e. The highest BCUT2D eigenvalue weighted by Crippen LogP contribution is 2.21. The first-order chi connectivity index (χ1) is 13.7. The average Bonchev–Trinajstić information content (AvgIpc) is 2.76. The molecule has 3 aromatic rings. The van der Waals surface area contributed by atoms with E-state index < -0.39 is 0 Å². The summed E-state index contributed by atoms with van der Waals surface area (Å²) in [6.07, 6.45) is 3.18. The van der Waals surface area contributed by atoms with Crippen LogP contribution in [0.25, 0.3) is 10.8 Å². The normalized spacial score (nSPS) is 15.6. The zero-order valence-corrected chi connectivity index (χ0v) is 16.1. The Balaban J connectivity index is 1.31. The summed E-state index contributed by atoms with van der Waals surface area (Å²) in [5.74, 6) is 1.67. The highest BCUT2D eigenvalue weighted by molar-refractivity contribution is 5.90. The molecular weight excluding hydrogens is 352 g/mol. The van der Waals surface area contributed by atoms with Crippen LogP contribution < -0.4 is 15.6 Å². The number of ether oxygens (including phenoxy) is 1. The molecule has 2 N–H and O–H groups in total. The van der Waals surface area contributed by atoms with Gasteiger partial charge in [-0.25, -0.2) is 5.10 Å². The van der Waals surface area contributed by atoms with Crippen molar-refractivity contribution in [3.05, 3.63) is 64.4 Å². The molecule has 1 aliphatic heterocycles. The molecule has 1 aromatic heterocycles. The van der Waals surface area contributed by atoms with E-state index in [9.17, 15) is 4.79 Å². The van der Waals surface area contributed by atoms with Crippen molar-refractivity contribution in [3.63, 3.8) is 0 Å². The first-order valence-corrected chi connectivity index (χ1v) is 9.82. The van der Waals surface area contributed by atoms with Gasteiger partial charge in [0.2, 0.25) is 0 Å². The van der Waals surface area contributed by atoms with Crippen LogP contribution in [-0.4, -0.2) is 47.9 Å². The fraction of sp³-hybridized carbons (Fsp3) is 0.364. The van der Waals surface area contributed by atoms with E-state index in [1.54, 1.807) is 7.11 Å². The van der Waals surface area contributed by atoms with Gasteiger partial charge in [-0.1, -0.05) is 30.3 Å². The zero-order chi connectivity index (χ0) is 19.3. The molecule has 0 bridgehead atoms. The number of piperidine rings is 1. The molecule has 1 aliphatic rings. The van der Waals surface area contributed by atoms with Gasteiger partial charge in [-0.2, -0.15) is 5.10 Å². The molecule has 28 heavy (non-hydrogen) atoms. The summed E-state index contributed by atoms with van der Waals surface area (Å²) in [7, 11) is 1.69. The van der Waals surface area contributed by atoms with Crippen molar-refractivity contribution in [1.29, 1.82) is 0 Å². The summed E-state index contributed by atoms with van der Waals surface area (Å²) in [6, 6.07) is 16.3. The maximum absolute atomic E-state index is 11.9. The molecule has 0 aliphatic carbocycles. The van der Waals surface area contributed by atoms with Crippen molar-refractivity contribution >= 4 is 16.6 Å². The minimum absolute atomic E-state index is 0.144. The van der Waals surface area contributed by atoms with Gasteiger partial charge < -0.3 is 15.0 Å². The van der Waals surface area contributed by atoms with Crippen molar-refractivity contribution in [3.8, 4) is 5.75 Å². The van der Waals surface area contributed by atoms with E-state index in [1.165, 1.54) is 5.56 Å². The molecule has 6 nitrogen and oxygen atoms in total. The molecule has 0 atom stereocenters. The van der Waals surface area contributed by atoms with Gasteiger partial charge in [-0.05, 0) is 43.0 Å². The SMILES string of the molecule is COc1ccc(CCN2CCC(Nc3n[nH]c(=O)c4ccccc34)CC2)cc1. The lowest BCUT2D eigenvalue weighted by Gasteiger charge is -2.32. The average molecular weight is 378 g/mol. The number of fused-ring (bicyclic) bond motifs is 1. The summed E-state index contributed by atoms with van der Waals surface area (Å²) in [5.41, 5.74) is 1.19. The molecule has 0 unspecified atom stereocenters. The number of aromatic nitrogens is 2. The van der Waals surface area contributed by atoms with Crippen molar-refractivity contribution < 1.29 is 4.74 Å². The molecule has 2 heterocycles. The number of likely N-dealkylation sites (tertiary alicyclic amines) is 1. The Morgan fingerprint density at radius 1 is 1.11 bits per heavy atom. The molecule has 1 fully saturated rings. The van der Waals surface area contributed by atoms with Gasteiger partial charge in [-0.15, -0.1) is 0 Å². The quantitative estimate of drug-likeness (QED) is 0.690. The Kier molecular flexibility index (Phi) is 5.58. The molecule has 0 saturated carbocycles. The number of H-pyrrole nitrogens is 1. The van der Waals surface area contributed by atoms with E-state index in [0.717, 1.165) is 55.9 Å². The van der Waals surface area contributed by atoms with Crippen LogP contribution in [0.2, 0.25) is 0 Å². The number of methoxy groups -OCH3 is 1. The van der Waals surface area contributed by atoms with Gasteiger partial charge in [0, 0.05) is 31.1 Å². The zero-order valence-electron chi connectivity index (χ0n) is 16.1. The number of benzene rings is 2. The van der Waals surface area contributed by atoms with E-state index in [0.29, 0.717) is 11.4 Å². The molecule has 0 radical (unpaired) electrons. The minimum Gasteiger partial charge on any atom is -0.497 e. The molecule has 0 amide bonds. The van der Waals surface area contributed by atoms with Gasteiger partial charge >= 0.3 is 0 Å². The summed E-state index contributed by atoms with van der Waals surface area (Å²) in [4.78, 5) is 14.4. The Morgan fingerprint density at radius 3 is 2.54 bits per heavy atom.